The molecule has 0 aromatic rings. The van der Waals surface area contributed by atoms with E-state index in [1.807, 2.05) is 0 Å². The van der Waals surface area contributed by atoms with Crippen LogP contribution in [-0.4, -0.2) is 75.3 Å². The summed E-state index contributed by atoms with van der Waals surface area (Å²) in [6.45, 7) is 1.81. The number of carbonyl (C=O) groups is 1. The van der Waals surface area contributed by atoms with Crippen molar-refractivity contribution in [2.75, 3.05) is 13.2 Å². The lowest BCUT2D eigenvalue weighted by Gasteiger charge is -2.49. The van der Waals surface area contributed by atoms with E-state index in [-0.39, 0.29) is 25.1 Å². The molecule has 3 aliphatic rings. The van der Waals surface area contributed by atoms with E-state index >= 15 is 0 Å². The second kappa shape index (κ2) is 4.61. The van der Waals surface area contributed by atoms with Gasteiger partial charge in [0.15, 0.2) is 11.6 Å². The van der Waals surface area contributed by atoms with Crippen molar-refractivity contribution in [3.8, 4) is 0 Å². The minimum atomic E-state index is -1.15. The van der Waals surface area contributed by atoms with E-state index in [9.17, 15) is 15.1 Å². The fourth-order valence-electron chi connectivity index (χ4n) is 3.61. The van der Waals surface area contributed by atoms with E-state index in [0.717, 1.165) is 5.06 Å². The highest BCUT2D eigenvalue weighted by Gasteiger charge is 2.67. The van der Waals surface area contributed by atoms with Gasteiger partial charge in [-0.05, 0) is 0 Å². The third-order valence-electron chi connectivity index (χ3n) is 4.65. The molecule has 11 nitrogen and oxygen atoms in total. The first-order valence-corrected chi connectivity index (χ1v) is 6.83. The van der Waals surface area contributed by atoms with Crippen molar-refractivity contribution in [2.45, 2.75) is 30.8 Å². The summed E-state index contributed by atoms with van der Waals surface area (Å²) in [5, 5.41) is 21.5. The fraction of sp³-hybridized carbons (Fsp3) is 0.727. The van der Waals surface area contributed by atoms with Crippen LogP contribution >= 0.6 is 0 Å². The van der Waals surface area contributed by atoms with Crippen LogP contribution in [0.5, 0.6) is 0 Å². The number of primary amides is 1. The molecular weight excluding hydrogens is 294 g/mol. The fourth-order valence-corrected chi connectivity index (χ4v) is 3.61. The number of guanidine groups is 2. The minimum absolute atomic E-state index is 0.107. The van der Waals surface area contributed by atoms with Crippen LogP contribution in [0.4, 0.5) is 4.79 Å². The molecule has 0 radical (unpaired) electrons. The van der Waals surface area contributed by atoms with Gasteiger partial charge in [-0.15, -0.1) is 0 Å². The molecule has 1 spiro atoms. The number of hydrogen-bond donors (Lipinski definition) is 5. The van der Waals surface area contributed by atoms with Crippen LogP contribution in [0.2, 0.25) is 0 Å². The van der Waals surface area contributed by atoms with Crippen LogP contribution in [0, 0.1) is 5.92 Å². The number of nitrogens with zero attached hydrogens (tertiary/aromatic N) is 4. The molecule has 3 heterocycles. The van der Waals surface area contributed by atoms with Gasteiger partial charge in [-0.3, -0.25) is 5.21 Å². The first-order valence-electron chi connectivity index (χ1n) is 6.83. The van der Waals surface area contributed by atoms with Gasteiger partial charge in [0.2, 0.25) is 5.96 Å². The Morgan fingerprint density at radius 2 is 2.14 bits per heavy atom. The van der Waals surface area contributed by atoms with E-state index < -0.39 is 35.9 Å². The molecule has 3 aliphatic heterocycles. The van der Waals surface area contributed by atoms with Gasteiger partial charge in [0, 0.05) is 12.5 Å². The predicted octanol–water partition coefficient (Wildman–Crippen LogP) is -2.82. The Kier molecular flexibility index (Phi) is 3.07. The number of hydroxylamine groups is 2. The topological polar surface area (TPSA) is 176 Å². The number of nitrogens with two attached hydrogens (primary N) is 3. The Balaban J connectivity index is 2.04. The number of amides is 1. The molecule has 8 N–H and O–H groups in total. The average Bonchev–Trinajstić information content (AvgIpc) is 2.87. The highest BCUT2D eigenvalue weighted by Crippen LogP contribution is 2.47. The van der Waals surface area contributed by atoms with Crippen molar-refractivity contribution in [1.82, 2.24) is 9.96 Å². The van der Waals surface area contributed by atoms with Crippen LogP contribution in [0.15, 0.2) is 9.98 Å². The van der Waals surface area contributed by atoms with Gasteiger partial charge in [0.1, 0.15) is 18.7 Å². The predicted molar refractivity (Wildman–Crippen MR) is 74.6 cm³/mol. The van der Waals surface area contributed by atoms with Gasteiger partial charge in [-0.25, -0.2) is 14.8 Å². The minimum Gasteiger partial charge on any atom is -0.447 e. The van der Waals surface area contributed by atoms with Gasteiger partial charge in [0.05, 0.1) is 6.10 Å². The molecule has 1 fully saturated rings. The Hall–Kier alpha value is -2.27. The maximum Gasteiger partial charge on any atom is 0.404 e. The smallest absolute Gasteiger partial charge is 0.404 e. The Morgan fingerprint density at radius 1 is 1.45 bits per heavy atom. The van der Waals surface area contributed by atoms with Crippen molar-refractivity contribution in [3.05, 3.63) is 0 Å². The maximum atomic E-state index is 10.8. The summed E-state index contributed by atoms with van der Waals surface area (Å²) in [5.74, 6) is -0.413. The highest BCUT2D eigenvalue weighted by atomic mass is 16.5. The van der Waals surface area contributed by atoms with Crippen LogP contribution in [0.25, 0.3) is 0 Å². The summed E-state index contributed by atoms with van der Waals surface area (Å²) in [5.41, 5.74) is 15.5. The Morgan fingerprint density at radius 3 is 2.77 bits per heavy atom. The molecule has 0 aromatic carbocycles. The van der Waals surface area contributed by atoms with Crippen molar-refractivity contribution in [2.24, 2.45) is 33.1 Å². The lowest BCUT2D eigenvalue weighted by molar-refractivity contribution is -0.170. The first kappa shape index (κ1) is 14.7. The lowest BCUT2D eigenvalue weighted by Crippen LogP contribution is -2.71. The molecule has 0 aromatic heterocycles. The van der Waals surface area contributed by atoms with Crippen molar-refractivity contribution in [3.63, 3.8) is 0 Å². The third-order valence-corrected chi connectivity index (χ3v) is 4.65. The molecule has 11 heteroatoms. The number of hydrogen-bond acceptors (Lipinski definition) is 10. The number of aliphatic imine (C=N–C) groups is 2. The summed E-state index contributed by atoms with van der Waals surface area (Å²) in [7, 11) is 0. The number of ether oxygens (including phenoxy) is 1. The second-order valence-corrected chi connectivity index (χ2v) is 5.68. The largest absolute Gasteiger partial charge is 0.447 e. The standard InChI is InChI=1S/C11H19N7O4/c1-4-6(19)2-17-8(12)15-5(3-22-10(14)20)7-11(4,17)18(21)9(13)16-7/h4-7,19,21H,2-3H2,1H3,(H2,12,15)(H2,13,16)(H2,14,20)/t4-,5+,6?,7?,11?/m1/s1. The van der Waals surface area contributed by atoms with Crippen molar-refractivity contribution >= 4 is 18.0 Å². The van der Waals surface area contributed by atoms with E-state index in [2.05, 4.69) is 9.98 Å². The van der Waals surface area contributed by atoms with Gasteiger partial charge in [0.25, 0.3) is 0 Å². The number of aliphatic hydroxyl groups is 1. The summed E-state index contributed by atoms with van der Waals surface area (Å²) in [6.07, 6.45) is -1.69. The molecule has 22 heavy (non-hydrogen) atoms. The van der Waals surface area contributed by atoms with Gasteiger partial charge in [-0.1, -0.05) is 6.92 Å². The zero-order chi connectivity index (χ0) is 16.2. The third kappa shape index (κ3) is 1.66. The van der Waals surface area contributed by atoms with Crippen molar-refractivity contribution < 1.29 is 19.8 Å². The van der Waals surface area contributed by atoms with E-state index in [1.54, 1.807) is 11.8 Å². The van der Waals surface area contributed by atoms with Gasteiger partial charge in [-0.2, -0.15) is 5.06 Å². The molecule has 0 saturated carbocycles. The zero-order valence-corrected chi connectivity index (χ0v) is 12.0. The molecule has 0 aliphatic carbocycles. The van der Waals surface area contributed by atoms with Crippen LogP contribution in [0.3, 0.4) is 0 Å². The number of aliphatic hydroxyl groups excluding tert-OH is 1. The van der Waals surface area contributed by atoms with Crippen LogP contribution in [0.1, 0.15) is 6.92 Å². The normalized spacial score (nSPS) is 40.0. The quantitative estimate of drug-likeness (QED) is 0.362. The molecule has 122 valence electrons. The van der Waals surface area contributed by atoms with E-state index in [1.165, 1.54) is 0 Å². The first-order chi connectivity index (χ1) is 10.3. The van der Waals surface area contributed by atoms with Crippen LogP contribution in [-0.2, 0) is 4.74 Å². The Bertz CT molecular complexity index is 567. The molecule has 0 bridgehead atoms. The monoisotopic (exact) mass is 313 g/mol. The number of carbonyl (C=O) groups excluding carboxylic acids is 1. The molecule has 3 rings (SSSR count). The molecular formula is C11H19N7O4. The SMILES string of the molecule is C[C@@H]1C(O)CN2C(N)=N[C@@H](COC(N)=O)C3N=C(N)N(O)C312. The summed E-state index contributed by atoms with van der Waals surface area (Å²) >= 11 is 0. The van der Waals surface area contributed by atoms with E-state index in [0.29, 0.717) is 0 Å². The Labute approximate surface area is 126 Å². The van der Waals surface area contributed by atoms with Gasteiger partial charge < -0.3 is 31.9 Å². The summed E-state index contributed by atoms with van der Waals surface area (Å²) < 4.78 is 4.80. The van der Waals surface area contributed by atoms with Crippen LogP contribution < -0.4 is 17.2 Å². The summed E-state index contributed by atoms with van der Waals surface area (Å²) in [4.78, 5) is 20.9. The maximum absolute atomic E-state index is 10.8. The number of rotatable bonds is 2. The van der Waals surface area contributed by atoms with Crippen molar-refractivity contribution in [1.29, 1.82) is 0 Å². The highest BCUT2D eigenvalue weighted by molar-refractivity contribution is 5.86. The van der Waals surface area contributed by atoms with E-state index in [4.69, 9.17) is 21.9 Å². The molecule has 1 amide bonds. The zero-order valence-electron chi connectivity index (χ0n) is 12.0. The molecule has 5 atom stereocenters. The molecule has 3 unspecified atom stereocenters. The average molecular weight is 313 g/mol. The molecule has 1 saturated heterocycles. The summed E-state index contributed by atoms with van der Waals surface area (Å²) in [6, 6.07) is -1.32. The second-order valence-electron chi connectivity index (χ2n) is 5.68. The van der Waals surface area contributed by atoms with Gasteiger partial charge >= 0.3 is 6.09 Å². The lowest BCUT2D eigenvalue weighted by atomic mass is 9.83.